The zero-order valence-corrected chi connectivity index (χ0v) is 24.1. The van der Waals surface area contributed by atoms with Crippen LogP contribution in [0.3, 0.4) is 0 Å². The van der Waals surface area contributed by atoms with Gasteiger partial charge < -0.3 is 4.42 Å². The zero-order chi connectivity index (χ0) is 29.7. The van der Waals surface area contributed by atoms with Crippen molar-refractivity contribution in [3.8, 4) is 45.3 Å². The molecule has 9 aromatic rings. The zero-order valence-electron chi connectivity index (χ0n) is 24.1. The van der Waals surface area contributed by atoms with Gasteiger partial charge in [-0.05, 0) is 57.6 Å². The summed E-state index contributed by atoms with van der Waals surface area (Å²) in [7, 11) is 0. The fraction of sp³-hybridized carbons (Fsp3) is 0. The Kier molecular flexibility index (Phi) is 5.74. The molecule has 9 rings (SSSR count). The molecular formula is C40H24N4O. The van der Waals surface area contributed by atoms with Crippen LogP contribution in [-0.4, -0.2) is 19.9 Å². The number of fused-ring (bicyclic) bond motifs is 6. The van der Waals surface area contributed by atoms with Gasteiger partial charge in [-0.1, -0.05) is 103 Å². The highest BCUT2D eigenvalue weighted by molar-refractivity contribution is 6.20. The number of nitrogens with zero attached hydrogens (tertiary/aromatic N) is 4. The molecular weight excluding hydrogens is 552 g/mol. The molecule has 0 aliphatic rings. The highest BCUT2D eigenvalue weighted by atomic mass is 16.3. The first-order chi connectivity index (χ1) is 22.3. The van der Waals surface area contributed by atoms with Crippen molar-refractivity contribution in [1.82, 2.24) is 19.9 Å². The molecule has 0 bridgehead atoms. The van der Waals surface area contributed by atoms with Gasteiger partial charge in [-0.3, -0.25) is 4.98 Å². The molecule has 0 saturated heterocycles. The first kappa shape index (κ1) is 25.3. The van der Waals surface area contributed by atoms with Crippen molar-refractivity contribution in [2.75, 3.05) is 0 Å². The Balaban J connectivity index is 1.20. The third kappa shape index (κ3) is 4.33. The van der Waals surface area contributed by atoms with Gasteiger partial charge in [0.2, 0.25) is 0 Å². The minimum absolute atomic E-state index is 0.563. The van der Waals surface area contributed by atoms with Crippen LogP contribution in [0.25, 0.3) is 88.8 Å². The maximum absolute atomic E-state index is 6.51. The Labute approximate surface area is 258 Å². The van der Waals surface area contributed by atoms with E-state index in [9.17, 15) is 0 Å². The summed E-state index contributed by atoms with van der Waals surface area (Å²) in [6.45, 7) is 0. The van der Waals surface area contributed by atoms with Crippen LogP contribution in [0.15, 0.2) is 150 Å². The van der Waals surface area contributed by atoms with Gasteiger partial charge in [0.25, 0.3) is 0 Å². The Morgan fingerprint density at radius 2 is 1.13 bits per heavy atom. The number of benzene rings is 6. The number of rotatable bonds is 4. The molecule has 0 unspecified atom stereocenters. The smallest absolute Gasteiger partial charge is 0.167 e. The fourth-order valence-corrected chi connectivity index (χ4v) is 6.16. The van der Waals surface area contributed by atoms with Crippen LogP contribution in [0, 0.1) is 0 Å². The third-order valence-electron chi connectivity index (χ3n) is 8.41. The number of hydrogen-bond acceptors (Lipinski definition) is 5. The normalized spacial score (nSPS) is 11.6. The van der Waals surface area contributed by atoms with Gasteiger partial charge in [-0.15, -0.1) is 0 Å². The summed E-state index contributed by atoms with van der Waals surface area (Å²) in [5.41, 5.74) is 6.52. The Morgan fingerprint density at radius 1 is 0.444 bits per heavy atom. The van der Waals surface area contributed by atoms with Gasteiger partial charge in [0.15, 0.2) is 17.5 Å². The third-order valence-corrected chi connectivity index (χ3v) is 8.41. The first-order valence-corrected chi connectivity index (χ1v) is 14.9. The number of para-hydroxylation sites is 1. The molecule has 45 heavy (non-hydrogen) atoms. The molecule has 0 N–H and O–H groups in total. The second-order valence-corrected chi connectivity index (χ2v) is 11.1. The number of hydrogen-bond donors (Lipinski definition) is 0. The lowest BCUT2D eigenvalue weighted by atomic mass is 10.00. The Morgan fingerprint density at radius 3 is 1.98 bits per heavy atom. The van der Waals surface area contributed by atoms with Gasteiger partial charge in [0, 0.05) is 39.7 Å². The van der Waals surface area contributed by atoms with Crippen molar-refractivity contribution in [1.29, 1.82) is 0 Å². The molecule has 5 nitrogen and oxygen atoms in total. The van der Waals surface area contributed by atoms with E-state index in [1.807, 2.05) is 73.1 Å². The first-order valence-electron chi connectivity index (χ1n) is 14.9. The van der Waals surface area contributed by atoms with Crippen molar-refractivity contribution in [2.24, 2.45) is 0 Å². The second-order valence-electron chi connectivity index (χ2n) is 11.1. The van der Waals surface area contributed by atoms with E-state index in [0.29, 0.717) is 17.5 Å². The van der Waals surface area contributed by atoms with Gasteiger partial charge in [0.05, 0.1) is 5.56 Å². The molecule has 3 aromatic heterocycles. The minimum atomic E-state index is 0.563. The molecule has 0 fully saturated rings. The van der Waals surface area contributed by atoms with E-state index in [-0.39, 0.29) is 0 Å². The van der Waals surface area contributed by atoms with Crippen LogP contribution < -0.4 is 0 Å². The molecule has 0 atom stereocenters. The van der Waals surface area contributed by atoms with Crippen LogP contribution in [0.4, 0.5) is 0 Å². The van der Waals surface area contributed by atoms with Crippen molar-refractivity contribution in [2.45, 2.75) is 0 Å². The Bertz CT molecular complexity index is 2540. The monoisotopic (exact) mass is 576 g/mol. The summed E-state index contributed by atoms with van der Waals surface area (Å²) in [4.78, 5) is 19.3. The molecule has 0 amide bonds. The average molecular weight is 577 g/mol. The summed E-state index contributed by atoms with van der Waals surface area (Å²) < 4.78 is 6.51. The largest absolute Gasteiger partial charge is 0.455 e. The number of aromatic nitrogens is 4. The molecule has 0 saturated carbocycles. The van der Waals surface area contributed by atoms with Crippen molar-refractivity contribution in [3.05, 3.63) is 146 Å². The molecule has 0 radical (unpaired) electrons. The van der Waals surface area contributed by atoms with E-state index in [1.54, 1.807) is 0 Å². The Hall–Kier alpha value is -6.20. The summed E-state index contributed by atoms with van der Waals surface area (Å²) in [5.74, 6) is 1.78. The maximum atomic E-state index is 6.51. The van der Waals surface area contributed by atoms with Gasteiger partial charge in [0.1, 0.15) is 11.2 Å². The highest BCUT2D eigenvalue weighted by Crippen LogP contribution is 2.39. The SMILES string of the molecule is c1ccc(-c2nc(-c3ccc(-c4ccc5ccccc5c4)cc3)nc(-c3cccc4c3oc3ccc5cnccc5c34)n2)cc1. The maximum Gasteiger partial charge on any atom is 0.167 e. The highest BCUT2D eigenvalue weighted by Gasteiger charge is 2.19. The molecule has 3 heterocycles. The number of furan rings is 1. The van der Waals surface area contributed by atoms with Gasteiger partial charge in [-0.2, -0.15) is 0 Å². The predicted octanol–water partition coefficient (Wildman–Crippen LogP) is 10.1. The number of pyridine rings is 1. The summed E-state index contributed by atoms with van der Waals surface area (Å²) in [6.07, 6.45) is 3.70. The predicted molar refractivity (Wildman–Crippen MR) is 182 cm³/mol. The quantitative estimate of drug-likeness (QED) is 0.209. The van der Waals surface area contributed by atoms with Gasteiger partial charge in [-0.25, -0.2) is 15.0 Å². The van der Waals surface area contributed by atoms with Crippen molar-refractivity contribution in [3.63, 3.8) is 0 Å². The molecule has 5 heteroatoms. The standard InChI is InChI=1S/C40H24N4O/c1-2-8-27(9-3-1)38-42-39(28-16-13-26(14-17-28)30-18-15-25-7-4-5-10-29(25)23-30)44-40(43-38)34-12-6-11-33-36-32-21-22-41-24-31(32)19-20-35(36)45-37(33)34/h1-24H. The van der Waals surface area contributed by atoms with E-state index < -0.39 is 0 Å². The second kappa shape index (κ2) is 10.2. The van der Waals surface area contributed by atoms with Crippen LogP contribution in [-0.2, 0) is 0 Å². The van der Waals surface area contributed by atoms with Crippen LogP contribution in [0.1, 0.15) is 0 Å². The lowest BCUT2D eigenvalue weighted by Gasteiger charge is -2.10. The average Bonchev–Trinajstić information content (AvgIpc) is 3.51. The van der Waals surface area contributed by atoms with E-state index in [0.717, 1.165) is 55.0 Å². The van der Waals surface area contributed by atoms with E-state index in [2.05, 4.69) is 77.8 Å². The minimum Gasteiger partial charge on any atom is -0.455 e. The molecule has 6 aromatic carbocycles. The molecule has 0 aliphatic carbocycles. The van der Waals surface area contributed by atoms with Crippen LogP contribution >= 0.6 is 0 Å². The van der Waals surface area contributed by atoms with E-state index in [1.165, 1.54) is 16.3 Å². The van der Waals surface area contributed by atoms with Crippen molar-refractivity contribution >= 4 is 43.5 Å². The van der Waals surface area contributed by atoms with Crippen LogP contribution in [0.2, 0.25) is 0 Å². The molecule has 210 valence electrons. The lowest BCUT2D eigenvalue weighted by molar-refractivity contribution is 0.670. The molecule has 0 aliphatic heterocycles. The summed E-state index contributed by atoms with van der Waals surface area (Å²) >= 11 is 0. The lowest BCUT2D eigenvalue weighted by Crippen LogP contribution is -2.00. The summed E-state index contributed by atoms with van der Waals surface area (Å²) in [5, 5.41) is 6.70. The van der Waals surface area contributed by atoms with Gasteiger partial charge >= 0.3 is 0 Å². The van der Waals surface area contributed by atoms with Crippen LogP contribution in [0.5, 0.6) is 0 Å². The fourth-order valence-electron chi connectivity index (χ4n) is 6.16. The summed E-state index contributed by atoms with van der Waals surface area (Å²) in [6, 6.07) is 45.7. The van der Waals surface area contributed by atoms with E-state index in [4.69, 9.17) is 19.4 Å². The van der Waals surface area contributed by atoms with E-state index >= 15 is 0 Å². The molecule has 0 spiro atoms. The topological polar surface area (TPSA) is 64.7 Å². The van der Waals surface area contributed by atoms with Crippen molar-refractivity contribution < 1.29 is 4.42 Å².